The molecule has 0 aromatic heterocycles. The molecule has 0 aromatic rings. The van der Waals surface area contributed by atoms with E-state index < -0.39 is 0 Å². The first-order valence-corrected chi connectivity index (χ1v) is 7.40. The van der Waals surface area contributed by atoms with E-state index in [-0.39, 0.29) is 5.41 Å². The first-order chi connectivity index (χ1) is 8.02. The Morgan fingerprint density at radius 1 is 0.941 bits per heavy atom. The van der Waals surface area contributed by atoms with Crippen molar-refractivity contribution in [1.29, 1.82) is 0 Å². The molecule has 0 aromatic carbocycles. The highest BCUT2D eigenvalue weighted by molar-refractivity contribution is 4.72. The highest BCUT2D eigenvalue weighted by atomic mass is 15.1. The van der Waals surface area contributed by atoms with Gasteiger partial charge >= 0.3 is 0 Å². The number of rotatable bonds is 11. The van der Waals surface area contributed by atoms with Gasteiger partial charge in [0, 0.05) is 6.54 Å². The van der Waals surface area contributed by atoms with E-state index in [1.54, 1.807) is 0 Å². The maximum absolute atomic E-state index is 5.75. The van der Waals surface area contributed by atoms with E-state index in [0.29, 0.717) is 0 Å². The Labute approximate surface area is 109 Å². The number of nitrogens with zero attached hydrogens (tertiary/aromatic N) is 1. The minimum atomic E-state index is 0.260. The van der Waals surface area contributed by atoms with Gasteiger partial charge in [-0.25, -0.2) is 0 Å². The fourth-order valence-corrected chi connectivity index (χ4v) is 2.21. The van der Waals surface area contributed by atoms with Crippen molar-refractivity contribution in [3.8, 4) is 0 Å². The first-order valence-electron chi connectivity index (χ1n) is 7.40. The van der Waals surface area contributed by atoms with Gasteiger partial charge in [0.15, 0.2) is 0 Å². The van der Waals surface area contributed by atoms with Crippen LogP contribution < -0.4 is 5.73 Å². The first kappa shape index (κ1) is 16.9. The summed E-state index contributed by atoms with van der Waals surface area (Å²) in [5.41, 5.74) is 6.01. The summed E-state index contributed by atoms with van der Waals surface area (Å²) in [4.78, 5) is 2.43. The van der Waals surface area contributed by atoms with Crippen molar-refractivity contribution in [2.75, 3.05) is 26.7 Å². The summed E-state index contributed by atoms with van der Waals surface area (Å²) in [6.45, 7) is 9.86. The predicted octanol–water partition coefficient (Wildman–Crippen LogP) is 3.65. The molecule has 0 spiro atoms. The zero-order chi connectivity index (χ0) is 13.1. The Kier molecular flexibility index (Phi) is 9.85. The third-order valence-corrected chi connectivity index (χ3v) is 3.39. The van der Waals surface area contributed by atoms with Crippen LogP contribution in [0.5, 0.6) is 0 Å². The smallest absolute Gasteiger partial charge is 0.00417 e. The largest absolute Gasteiger partial charge is 0.330 e. The molecular formula is C15H34N2. The highest BCUT2D eigenvalue weighted by Crippen LogP contribution is 2.14. The van der Waals surface area contributed by atoms with Crippen molar-refractivity contribution < 1.29 is 0 Å². The van der Waals surface area contributed by atoms with Crippen LogP contribution in [0.4, 0.5) is 0 Å². The molecule has 0 atom stereocenters. The molecule has 0 aliphatic heterocycles. The molecule has 104 valence electrons. The van der Waals surface area contributed by atoms with Crippen LogP contribution >= 0.6 is 0 Å². The summed E-state index contributed by atoms with van der Waals surface area (Å²) < 4.78 is 0. The van der Waals surface area contributed by atoms with Crippen molar-refractivity contribution >= 4 is 0 Å². The zero-order valence-electron chi connectivity index (χ0n) is 12.6. The molecule has 0 unspecified atom stereocenters. The second-order valence-electron chi connectivity index (χ2n) is 6.23. The topological polar surface area (TPSA) is 29.3 Å². The molecule has 0 amide bonds. The van der Waals surface area contributed by atoms with Gasteiger partial charge in [0.25, 0.3) is 0 Å². The molecule has 0 rings (SSSR count). The quantitative estimate of drug-likeness (QED) is 0.560. The van der Waals surface area contributed by atoms with Crippen LogP contribution in [0.25, 0.3) is 0 Å². The predicted molar refractivity (Wildman–Crippen MR) is 78.3 cm³/mol. The van der Waals surface area contributed by atoms with Crippen LogP contribution in [0.3, 0.4) is 0 Å². The molecule has 2 N–H and O–H groups in total. The lowest BCUT2D eigenvalue weighted by atomic mass is 9.93. The summed E-state index contributed by atoms with van der Waals surface area (Å²) in [5.74, 6) is 0. The Bertz CT molecular complexity index is 166. The molecule has 0 aliphatic carbocycles. The third kappa shape index (κ3) is 10.8. The zero-order valence-corrected chi connectivity index (χ0v) is 12.6. The van der Waals surface area contributed by atoms with Crippen molar-refractivity contribution in [2.24, 2.45) is 11.1 Å². The van der Waals surface area contributed by atoms with Crippen molar-refractivity contribution in [3.63, 3.8) is 0 Å². The minimum absolute atomic E-state index is 0.260. The van der Waals surface area contributed by atoms with E-state index >= 15 is 0 Å². The summed E-state index contributed by atoms with van der Waals surface area (Å²) >= 11 is 0. The maximum atomic E-state index is 5.75. The van der Waals surface area contributed by atoms with Gasteiger partial charge in [0.2, 0.25) is 0 Å². The summed E-state index contributed by atoms with van der Waals surface area (Å²) in [6, 6.07) is 0. The lowest BCUT2D eigenvalue weighted by Crippen LogP contribution is -2.37. The molecule has 0 radical (unpaired) electrons. The Hall–Kier alpha value is -0.0800. The molecule has 0 saturated carbocycles. The Balaban J connectivity index is 3.36. The number of hydrogen-bond acceptors (Lipinski definition) is 2. The molecule has 2 nitrogen and oxygen atoms in total. The van der Waals surface area contributed by atoms with Gasteiger partial charge in [-0.15, -0.1) is 0 Å². The SMILES string of the molecule is CCCCCCCCCN(C)CC(C)(C)CN. The van der Waals surface area contributed by atoms with Gasteiger partial charge < -0.3 is 10.6 Å². The van der Waals surface area contributed by atoms with E-state index in [1.165, 1.54) is 51.5 Å². The monoisotopic (exact) mass is 242 g/mol. The standard InChI is InChI=1S/C15H34N2/c1-5-6-7-8-9-10-11-12-17(4)14-15(2,3)13-16/h5-14,16H2,1-4H3. The average molecular weight is 242 g/mol. The van der Waals surface area contributed by atoms with Crippen LogP contribution in [0.1, 0.15) is 65.7 Å². The highest BCUT2D eigenvalue weighted by Gasteiger charge is 2.17. The molecule has 0 fully saturated rings. The second-order valence-corrected chi connectivity index (χ2v) is 6.23. The summed E-state index contributed by atoms with van der Waals surface area (Å²) in [7, 11) is 2.22. The van der Waals surface area contributed by atoms with E-state index in [4.69, 9.17) is 5.73 Å². The lowest BCUT2D eigenvalue weighted by Gasteiger charge is -2.28. The number of nitrogens with two attached hydrogens (primary N) is 1. The minimum Gasteiger partial charge on any atom is -0.330 e. The lowest BCUT2D eigenvalue weighted by molar-refractivity contribution is 0.212. The number of hydrogen-bond donors (Lipinski definition) is 1. The van der Waals surface area contributed by atoms with Gasteiger partial charge in [-0.1, -0.05) is 59.3 Å². The molecule has 17 heavy (non-hydrogen) atoms. The summed E-state index contributed by atoms with van der Waals surface area (Å²) in [6.07, 6.45) is 9.73. The van der Waals surface area contributed by atoms with Gasteiger partial charge in [-0.2, -0.15) is 0 Å². The van der Waals surface area contributed by atoms with Gasteiger partial charge in [0.05, 0.1) is 0 Å². The molecule has 0 bridgehead atoms. The van der Waals surface area contributed by atoms with Crippen molar-refractivity contribution in [2.45, 2.75) is 65.7 Å². The molecule has 0 aliphatic rings. The molecule has 2 heteroatoms. The van der Waals surface area contributed by atoms with Crippen LogP contribution in [0.15, 0.2) is 0 Å². The van der Waals surface area contributed by atoms with E-state index in [1.807, 2.05) is 0 Å². The van der Waals surface area contributed by atoms with Crippen LogP contribution in [-0.2, 0) is 0 Å². The number of unbranched alkanes of at least 4 members (excludes halogenated alkanes) is 6. The normalized spacial score (nSPS) is 12.4. The summed E-state index contributed by atoms with van der Waals surface area (Å²) in [5, 5.41) is 0. The molecule has 0 saturated heterocycles. The Morgan fingerprint density at radius 2 is 1.47 bits per heavy atom. The second kappa shape index (κ2) is 9.90. The van der Waals surface area contributed by atoms with Gasteiger partial charge in [-0.05, 0) is 32.0 Å². The molecular weight excluding hydrogens is 208 g/mol. The van der Waals surface area contributed by atoms with E-state index in [2.05, 4.69) is 32.7 Å². The van der Waals surface area contributed by atoms with Crippen LogP contribution in [0.2, 0.25) is 0 Å². The maximum Gasteiger partial charge on any atom is 0.00417 e. The Morgan fingerprint density at radius 3 is 2.00 bits per heavy atom. The van der Waals surface area contributed by atoms with Gasteiger partial charge in [-0.3, -0.25) is 0 Å². The van der Waals surface area contributed by atoms with Crippen molar-refractivity contribution in [3.05, 3.63) is 0 Å². The van der Waals surface area contributed by atoms with Crippen LogP contribution in [-0.4, -0.2) is 31.6 Å². The average Bonchev–Trinajstić information content (AvgIpc) is 2.27. The van der Waals surface area contributed by atoms with Crippen LogP contribution in [0, 0.1) is 5.41 Å². The fraction of sp³-hybridized carbons (Fsp3) is 1.00. The fourth-order valence-electron chi connectivity index (χ4n) is 2.21. The van der Waals surface area contributed by atoms with E-state index in [0.717, 1.165) is 13.1 Å². The van der Waals surface area contributed by atoms with Crippen molar-refractivity contribution in [1.82, 2.24) is 4.90 Å². The van der Waals surface area contributed by atoms with E-state index in [9.17, 15) is 0 Å². The van der Waals surface area contributed by atoms with Gasteiger partial charge in [0.1, 0.15) is 0 Å². The molecule has 0 heterocycles. The third-order valence-electron chi connectivity index (χ3n) is 3.39.